The van der Waals surface area contributed by atoms with Gasteiger partial charge in [-0.15, -0.1) is 0 Å². The van der Waals surface area contributed by atoms with Crippen molar-refractivity contribution in [1.29, 1.82) is 0 Å². The van der Waals surface area contributed by atoms with Crippen LogP contribution in [0.3, 0.4) is 0 Å². The molecule has 154 valence electrons. The minimum Gasteiger partial charge on any atom is -0.497 e. The van der Waals surface area contributed by atoms with Crippen LogP contribution in [-0.2, 0) is 0 Å². The average molecular weight is 404 g/mol. The van der Waals surface area contributed by atoms with Crippen molar-refractivity contribution in [2.75, 3.05) is 13.6 Å². The largest absolute Gasteiger partial charge is 0.497 e. The maximum atomic E-state index is 10.4. The normalized spacial score (nSPS) is 16.0. The van der Waals surface area contributed by atoms with Gasteiger partial charge in [0.1, 0.15) is 0 Å². The Bertz CT molecular complexity index is 913. The van der Waals surface area contributed by atoms with Crippen LogP contribution in [0.1, 0.15) is 30.0 Å². The van der Waals surface area contributed by atoms with Crippen LogP contribution < -0.4 is 0 Å². The van der Waals surface area contributed by atoms with Crippen molar-refractivity contribution in [3.63, 3.8) is 0 Å². The number of hydrogen-bond donors (Lipinski definition) is 1. The molecule has 0 spiro atoms. The summed E-state index contributed by atoms with van der Waals surface area (Å²) in [5.74, 6) is -1.21. The van der Waals surface area contributed by atoms with Gasteiger partial charge in [-0.3, -0.25) is 35.2 Å². The van der Waals surface area contributed by atoms with Crippen molar-refractivity contribution in [2.45, 2.75) is 25.8 Å². The number of phenols is 1. The quantitative estimate of drug-likeness (QED) is 0.595. The molecule has 1 unspecified atom stereocenters. The van der Waals surface area contributed by atoms with Crippen molar-refractivity contribution < 1.29 is 19.9 Å². The Hall–Kier alpha value is -3.60. The first-order valence-corrected chi connectivity index (χ1v) is 8.68. The molecule has 0 saturated carbocycles. The molecule has 0 bridgehead atoms. The highest BCUT2D eigenvalue weighted by molar-refractivity contribution is 5.64. The molecule has 1 N–H and O–H groups in total. The number of likely N-dealkylation sites (tertiary alicyclic amines) is 1. The molecule has 11 nitrogen and oxygen atoms in total. The molecule has 2 aromatic carbocycles. The minimum atomic E-state index is -1.21. The summed E-state index contributed by atoms with van der Waals surface area (Å²) in [6.07, 6.45) is 2.66. The van der Waals surface area contributed by atoms with E-state index in [0.29, 0.717) is 18.2 Å². The molecule has 29 heavy (non-hydrogen) atoms. The van der Waals surface area contributed by atoms with Crippen molar-refractivity contribution in [3.05, 3.63) is 77.9 Å². The summed E-state index contributed by atoms with van der Waals surface area (Å²) in [6.45, 7) is 3.41. The number of nitro benzene ring substituents is 3. The predicted molar refractivity (Wildman–Crippen MR) is 104 cm³/mol. The van der Waals surface area contributed by atoms with Gasteiger partial charge in [0.05, 0.1) is 26.9 Å². The number of hydrogen-bond acceptors (Lipinski definition) is 8. The fourth-order valence-electron chi connectivity index (χ4n) is 3.18. The SMILES string of the molecule is Cc1cccc(C2CCCN2C)c1.O=[N+]([O-])c1cc([N+](=O)[O-])c(O)c([N+](=O)[O-])c1. The minimum absolute atomic E-state index is 0.447. The number of phenolic OH excluding ortho intramolecular Hbond substituents is 1. The molecule has 1 aliphatic heterocycles. The molecule has 3 rings (SSSR count). The number of rotatable bonds is 4. The van der Waals surface area contributed by atoms with Gasteiger partial charge in [-0.1, -0.05) is 29.8 Å². The van der Waals surface area contributed by atoms with E-state index in [4.69, 9.17) is 5.11 Å². The van der Waals surface area contributed by atoms with E-state index in [-0.39, 0.29) is 0 Å². The summed E-state index contributed by atoms with van der Waals surface area (Å²) < 4.78 is 0. The lowest BCUT2D eigenvalue weighted by molar-refractivity contribution is -0.404. The number of non-ortho nitro benzene ring substituents is 1. The van der Waals surface area contributed by atoms with Crippen LogP contribution in [0.15, 0.2) is 36.4 Å². The molecule has 1 atom stereocenters. The smallest absolute Gasteiger partial charge is 0.324 e. The Kier molecular flexibility index (Phi) is 6.78. The van der Waals surface area contributed by atoms with E-state index in [1.165, 1.54) is 30.5 Å². The van der Waals surface area contributed by atoms with Gasteiger partial charge in [0, 0.05) is 6.04 Å². The Morgan fingerprint density at radius 1 is 1.00 bits per heavy atom. The molecule has 0 aromatic heterocycles. The summed E-state index contributed by atoms with van der Waals surface area (Å²) in [5.41, 5.74) is -0.143. The highest BCUT2D eigenvalue weighted by atomic mass is 16.6. The number of aromatic hydroxyl groups is 1. The molecule has 0 radical (unpaired) electrons. The zero-order chi connectivity index (χ0) is 21.7. The van der Waals surface area contributed by atoms with Crippen LogP contribution in [0, 0.1) is 37.3 Å². The second-order valence-corrected chi connectivity index (χ2v) is 6.66. The number of benzene rings is 2. The lowest BCUT2D eigenvalue weighted by atomic mass is 10.0. The first-order valence-electron chi connectivity index (χ1n) is 8.68. The van der Waals surface area contributed by atoms with E-state index in [9.17, 15) is 30.3 Å². The van der Waals surface area contributed by atoms with Crippen LogP contribution in [0.4, 0.5) is 17.1 Å². The van der Waals surface area contributed by atoms with E-state index in [2.05, 4.69) is 43.1 Å². The van der Waals surface area contributed by atoms with E-state index in [1.54, 1.807) is 0 Å². The molecule has 11 heteroatoms. The Labute approximate surface area is 165 Å². The Balaban J connectivity index is 0.000000211. The maximum Gasteiger partial charge on any atom is 0.324 e. The third-order valence-corrected chi connectivity index (χ3v) is 4.61. The van der Waals surface area contributed by atoms with Crippen LogP contribution >= 0.6 is 0 Å². The van der Waals surface area contributed by atoms with Crippen LogP contribution in [0.5, 0.6) is 5.75 Å². The Morgan fingerprint density at radius 3 is 2.00 bits per heavy atom. The van der Waals surface area contributed by atoms with Crippen molar-refractivity contribution in [2.24, 2.45) is 0 Å². The second kappa shape index (κ2) is 9.06. The van der Waals surface area contributed by atoms with Crippen LogP contribution in [-0.4, -0.2) is 38.4 Å². The van der Waals surface area contributed by atoms with E-state index >= 15 is 0 Å². The predicted octanol–water partition coefficient (Wildman–Crippen LogP) is 3.88. The topological polar surface area (TPSA) is 153 Å². The van der Waals surface area contributed by atoms with Crippen LogP contribution in [0.2, 0.25) is 0 Å². The number of nitrogens with zero attached hydrogens (tertiary/aromatic N) is 4. The first-order chi connectivity index (χ1) is 13.6. The third kappa shape index (κ3) is 5.23. The summed E-state index contributed by atoms with van der Waals surface area (Å²) in [4.78, 5) is 30.2. The van der Waals surface area contributed by atoms with Gasteiger partial charge in [0.2, 0.25) is 0 Å². The Morgan fingerprint density at radius 2 is 1.59 bits per heavy atom. The maximum absolute atomic E-state index is 10.4. The van der Waals surface area contributed by atoms with Gasteiger partial charge in [0.15, 0.2) is 0 Å². The highest BCUT2D eigenvalue weighted by Crippen LogP contribution is 2.39. The van der Waals surface area contributed by atoms with E-state index in [1.807, 2.05) is 0 Å². The molecular formula is C18H20N4O7. The molecule has 2 aromatic rings. The van der Waals surface area contributed by atoms with E-state index in [0.717, 1.165) is 0 Å². The first kappa shape index (κ1) is 21.7. The highest BCUT2D eigenvalue weighted by Gasteiger charge is 2.30. The second-order valence-electron chi connectivity index (χ2n) is 6.66. The molecule has 1 heterocycles. The molecular weight excluding hydrogens is 384 g/mol. The van der Waals surface area contributed by atoms with Crippen LogP contribution in [0.25, 0.3) is 0 Å². The lowest BCUT2D eigenvalue weighted by Crippen LogP contribution is -2.17. The molecule has 0 aliphatic carbocycles. The fraction of sp³-hybridized carbons (Fsp3) is 0.333. The van der Waals surface area contributed by atoms with Gasteiger partial charge >= 0.3 is 11.4 Å². The van der Waals surface area contributed by atoms with Gasteiger partial charge in [-0.25, -0.2) is 0 Å². The zero-order valence-electron chi connectivity index (χ0n) is 15.8. The fourth-order valence-corrected chi connectivity index (χ4v) is 3.18. The number of nitro groups is 3. The summed E-state index contributed by atoms with van der Waals surface area (Å²) in [7, 11) is 2.22. The van der Waals surface area contributed by atoms with Crippen molar-refractivity contribution in [1.82, 2.24) is 4.90 Å². The molecule has 1 fully saturated rings. The summed E-state index contributed by atoms with van der Waals surface area (Å²) >= 11 is 0. The van der Waals surface area contributed by atoms with Gasteiger partial charge in [-0.05, 0) is 38.9 Å². The zero-order valence-corrected chi connectivity index (χ0v) is 15.8. The monoisotopic (exact) mass is 404 g/mol. The molecule has 1 saturated heterocycles. The summed E-state index contributed by atoms with van der Waals surface area (Å²) in [5, 5.41) is 40.2. The van der Waals surface area contributed by atoms with Gasteiger partial charge < -0.3 is 5.11 Å². The molecule has 0 amide bonds. The van der Waals surface area contributed by atoms with Gasteiger partial charge in [-0.2, -0.15) is 0 Å². The average Bonchev–Trinajstić information content (AvgIpc) is 3.07. The molecule has 1 aliphatic rings. The lowest BCUT2D eigenvalue weighted by Gasteiger charge is -2.19. The van der Waals surface area contributed by atoms with Gasteiger partial charge in [0.25, 0.3) is 11.4 Å². The summed E-state index contributed by atoms with van der Waals surface area (Å²) in [6, 6.07) is 10.5. The van der Waals surface area contributed by atoms with Crippen molar-refractivity contribution in [3.8, 4) is 5.75 Å². The van der Waals surface area contributed by atoms with E-state index < -0.39 is 37.6 Å². The van der Waals surface area contributed by atoms with Crippen molar-refractivity contribution >= 4 is 17.1 Å². The third-order valence-electron chi connectivity index (χ3n) is 4.61. The standard InChI is InChI=1S/C12H17N.C6H3N3O7/c1-10-5-3-6-11(9-10)12-7-4-8-13(12)2;10-6-4(8(13)14)1-3(7(11)12)2-5(6)9(15)16/h3,5-6,9,12H,4,7-8H2,1-2H3;1-2,10H. The number of aryl methyl sites for hydroxylation is 1.